The van der Waals surface area contributed by atoms with Crippen LogP contribution in [0.4, 0.5) is 5.69 Å². The molecule has 7 heteroatoms. The van der Waals surface area contributed by atoms with Crippen molar-refractivity contribution in [3.05, 3.63) is 36.1 Å². The Labute approximate surface area is 151 Å². The second kappa shape index (κ2) is 5.27. The predicted octanol–water partition coefficient (Wildman–Crippen LogP) is 3.26. The number of halogens is 1. The molecule has 4 aliphatic rings. The van der Waals surface area contributed by atoms with E-state index in [1.165, 1.54) is 6.42 Å². The fraction of sp³-hybridized carbons (Fsp3) is 0.556. The first kappa shape index (κ1) is 15.3. The monoisotopic (exact) mass is 357 g/mol. The van der Waals surface area contributed by atoms with Gasteiger partial charge in [0.2, 0.25) is 5.91 Å². The molecule has 0 aliphatic heterocycles. The van der Waals surface area contributed by atoms with Crippen LogP contribution in [-0.2, 0) is 10.3 Å². The summed E-state index contributed by atoms with van der Waals surface area (Å²) in [6.45, 7) is 0. The quantitative estimate of drug-likeness (QED) is 0.856. The van der Waals surface area contributed by atoms with E-state index in [2.05, 4.69) is 20.4 Å². The first-order valence-electron chi connectivity index (χ1n) is 8.86. The Balaban J connectivity index is 1.49. The van der Waals surface area contributed by atoms with E-state index in [1.54, 1.807) is 24.7 Å². The van der Waals surface area contributed by atoms with Gasteiger partial charge in [0.05, 0.1) is 16.6 Å². The number of carbonyl (C=O) groups is 1. The van der Waals surface area contributed by atoms with E-state index in [0.717, 1.165) is 32.1 Å². The summed E-state index contributed by atoms with van der Waals surface area (Å²) in [4.78, 5) is 21.5. The average Bonchev–Trinajstić information content (AvgIpc) is 3.11. The fourth-order valence-corrected chi connectivity index (χ4v) is 6.10. The number of aromatic nitrogens is 4. The summed E-state index contributed by atoms with van der Waals surface area (Å²) in [7, 11) is 0. The van der Waals surface area contributed by atoms with Crippen LogP contribution in [0.3, 0.4) is 0 Å². The summed E-state index contributed by atoms with van der Waals surface area (Å²) in [5, 5.41) is 7.83. The summed E-state index contributed by atoms with van der Waals surface area (Å²) < 4.78 is 2.02. The molecule has 4 saturated carbocycles. The summed E-state index contributed by atoms with van der Waals surface area (Å²) in [6.07, 6.45) is 11.2. The van der Waals surface area contributed by atoms with E-state index in [1.807, 2.05) is 11.0 Å². The number of anilines is 1. The summed E-state index contributed by atoms with van der Waals surface area (Å²) >= 11 is 6.14. The molecule has 2 aromatic heterocycles. The molecule has 6 rings (SSSR count). The predicted molar refractivity (Wildman–Crippen MR) is 93.0 cm³/mol. The Morgan fingerprint density at radius 3 is 2.76 bits per heavy atom. The number of hydrogen-bond donors (Lipinski definition) is 1. The van der Waals surface area contributed by atoms with Crippen molar-refractivity contribution in [2.45, 2.75) is 44.1 Å². The molecule has 2 heterocycles. The Kier molecular flexibility index (Phi) is 3.23. The van der Waals surface area contributed by atoms with E-state index >= 15 is 0 Å². The lowest BCUT2D eigenvalue weighted by atomic mass is 9.46. The third kappa shape index (κ3) is 2.30. The largest absolute Gasteiger partial charge is 0.323 e. The van der Waals surface area contributed by atoms with Crippen molar-refractivity contribution < 1.29 is 4.79 Å². The van der Waals surface area contributed by atoms with Crippen LogP contribution in [-0.4, -0.2) is 25.7 Å². The molecule has 4 aliphatic carbocycles. The highest BCUT2D eigenvalue weighted by Gasteiger charge is 2.61. The molecule has 2 atom stereocenters. The number of carbonyl (C=O) groups excluding carboxylic acids is 1. The van der Waals surface area contributed by atoms with Crippen LogP contribution in [0.2, 0.25) is 5.15 Å². The molecular weight excluding hydrogens is 338 g/mol. The Morgan fingerprint density at radius 2 is 2.08 bits per heavy atom. The molecule has 25 heavy (non-hydrogen) atoms. The second-order valence-electron chi connectivity index (χ2n) is 8.10. The van der Waals surface area contributed by atoms with Gasteiger partial charge in [0.1, 0.15) is 12.7 Å². The SMILES string of the molecule is O=C(Nc1cccnc1Cl)C12C[C@H]3C[C@H](C1)CC(n1cncn1)(C3)C2. The number of pyridine rings is 1. The fourth-order valence-electron chi connectivity index (χ4n) is 5.94. The van der Waals surface area contributed by atoms with Gasteiger partial charge in [-0.2, -0.15) is 5.10 Å². The van der Waals surface area contributed by atoms with Gasteiger partial charge in [-0.3, -0.25) is 4.79 Å². The first-order chi connectivity index (χ1) is 12.1. The normalized spacial score (nSPS) is 35.7. The third-order valence-electron chi connectivity index (χ3n) is 6.42. The topological polar surface area (TPSA) is 72.7 Å². The lowest BCUT2D eigenvalue weighted by molar-refractivity contribution is -0.150. The number of rotatable bonds is 3. The molecule has 0 spiro atoms. The first-order valence-corrected chi connectivity index (χ1v) is 9.24. The molecule has 0 saturated heterocycles. The van der Waals surface area contributed by atoms with Crippen molar-refractivity contribution >= 4 is 23.2 Å². The standard InChI is InChI=1S/C18H20ClN5O/c19-15-14(2-1-3-21-15)23-16(25)17-5-12-4-13(6-17)8-18(7-12,9-17)24-11-20-10-22-24/h1-3,10-13H,4-9H2,(H,23,25)/t12-,13-,17?,18?/m1/s1. The molecular formula is C18H20ClN5O. The van der Waals surface area contributed by atoms with Gasteiger partial charge in [-0.25, -0.2) is 14.6 Å². The van der Waals surface area contributed by atoms with Gasteiger partial charge in [0, 0.05) is 6.20 Å². The zero-order valence-corrected chi connectivity index (χ0v) is 14.6. The maximum atomic E-state index is 13.3. The molecule has 0 aromatic carbocycles. The van der Waals surface area contributed by atoms with Crippen molar-refractivity contribution in [3.63, 3.8) is 0 Å². The van der Waals surface area contributed by atoms with Crippen LogP contribution in [0.5, 0.6) is 0 Å². The van der Waals surface area contributed by atoms with Gasteiger partial charge < -0.3 is 5.32 Å². The number of nitrogens with zero attached hydrogens (tertiary/aromatic N) is 4. The average molecular weight is 358 g/mol. The van der Waals surface area contributed by atoms with Gasteiger partial charge in [0.25, 0.3) is 0 Å². The minimum Gasteiger partial charge on any atom is -0.323 e. The number of nitrogens with one attached hydrogen (secondary N) is 1. The van der Waals surface area contributed by atoms with E-state index in [0.29, 0.717) is 22.7 Å². The minimum absolute atomic E-state index is 0.0589. The lowest BCUT2D eigenvalue weighted by Crippen LogP contribution is -2.60. The van der Waals surface area contributed by atoms with Crippen molar-refractivity contribution in [1.82, 2.24) is 19.7 Å². The highest BCUT2D eigenvalue weighted by Crippen LogP contribution is 2.64. The highest BCUT2D eigenvalue weighted by molar-refractivity contribution is 6.32. The smallest absolute Gasteiger partial charge is 0.230 e. The van der Waals surface area contributed by atoms with E-state index in [-0.39, 0.29) is 16.9 Å². The van der Waals surface area contributed by atoms with E-state index < -0.39 is 0 Å². The number of amides is 1. The van der Waals surface area contributed by atoms with Gasteiger partial charge in [-0.1, -0.05) is 11.6 Å². The van der Waals surface area contributed by atoms with Crippen LogP contribution in [0.25, 0.3) is 0 Å². The molecule has 4 fully saturated rings. The van der Waals surface area contributed by atoms with Gasteiger partial charge in [-0.05, 0) is 62.5 Å². The molecule has 1 N–H and O–H groups in total. The third-order valence-corrected chi connectivity index (χ3v) is 6.73. The maximum absolute atomic E-state index is 13.3. The Bertz CT molecular complexity index is 807. The zero-order valence-electron chi connectivity index (χ0n) is 13.9. The van der Waals surface area contributed by atoms with Crippen molar-refractivity contribution in [2.24, 2.45) is 17.3 Å². The molecule has 0 unspecified atom stereocenters. The zero-order chi connectivity index (χ0) is 17.1. The maximum Gasteiger partial charge on any atom is 0.230 e. The second-order valence-corrected chi connectivity index (χ2v) is 8.46. The molecule has 4 bridgehead atoms. The molecule has 0 radical (unpaired) electrons. The van der Waals surface area contributed by atoms with Crippen LogP contribution in [0, 0.1) is 17.3 Å². The lowest BCUT2D eigenvalue weighted by Gasteiger charge is -2.60. The molecule has 2 aromatic rings. The van der Waals surface area contributed by atoms with Crippen LogP contribution < -0.4 is 5.32 Å². The van der Waals surface area contributed by atoms with Crippen LogP contribution in [0.15, 0.2) is 31.0 Å². The van der Waals surface area contributed by atoms with Gasteiger partial charge >= 0.3 is 0 Å². The molecule has 130 valence electrons. The Morgan fingerprint density at radius 1 is 1.28 bits per heavy atom. The van der Waals surface area contributed by atoms with Crippen molar-refractivity contribution in [3.8, 4) is 0 Å². The highest BCUT2D eigenvalue weighted by atomic mass is 35.5. The van der Waals surface area contributed by atoms with Crippen LogP contribution in [0.1, 0.15) is 38.5 Å². The molecule has 6 nitrogen and oxygen atoms in total. The summed E-state index contributed by atoms with van der Waals surface area (Å²) in [5.41, 5.74) is 0.200. The van der Waals surface area contributed by atoms with Crippen LogP contribution >= 0.6 is 11.6 Å². The van der Waals surface area contributed by atoms with Gasteiger partial charge in [-0.15, -0.1) is 0 Å². The van der Waals surface area contributed by atoms with Crippen molar-refractivity contribution in [2.75, 3.05) is 5.32 Å². The number of hydrogen-bond acceptors (Lipinski definition) is 4. The molecule has 1 amide bonds. The van der Waals surface area contributed by atoms with Gasteiger partial charge in [0.15, 0.2) is 5.15 Å². The minimum atomic E-state index is -0.338. The summed E-state index contributed by atoms with van der Waals surface area (Å²) in [6, 6.07) is 3.60. The Hall–Kier alpha value is -1.95. The van der Waals surface area contributed by atoms with E-state index in [4.69, 9.17) is 11.6 Å². The summed E-state index contributed by atoms with van der Waals surface area (Å²) in [5.74, 6) is 1.25. The van der Waals surface area contributed by atoms with E-state index in [9.17, 15) is 4.79 Å². The van der Waals surface area contributed by atoms with Crippen molar-refractivity contribution in [1.29, 1.82) is 0 Å².